The van der Waals surface area contributed by atoms with Crippen LogP contribution in [0.3, 0.4) is 0 Å². The molecule has 2 aliphatic heterocycles. The fourth-order valence-corrected chi connectivity index (χ4v) is 3.75. The molecule has 1 N–H and O–H groups in total. The van der Waals surface area contributed by atoms with Crippen LogP contribution in [0.5, 0.6) is 0 Å². The zero-order chi connectivity index (χ0) is 10.9. The summed E-state index contributed by atoms with van der Waals surface area (Å²) in [5.41, 5.74) is 1.05. The molecule has 0 radical (unpaired) electrons. The SMILES string of the molecule is CCCCC(C)CC12CCC(C)(CC1)N2. The second-order valence-corrected chi connectivity index (χ2v) is 6.42. The number of hydrogen-bond donors (Lipinski definition) is 1. The second kappa shape index (κ2) is 4.08. The molecule has 0 amide bonds. The number of hydrogen-bond acceptors (Lipinski definition) is 1. The van der Waals surface area contributed by atoms with E-state index in [9.17, 15) is 0 Å². The first-order valence-electron chi connectivity index (χ1n) is 6.87. The van der Waals surface area contributed by atoms with Crippen LogP contribution in [0.25, 0.3) is 0 Å². The molecule has 2 heterocycles. The van der Waals surface area contributed by atoms with Crippen molar-refractivity contribution in [2.24, 2.45) is 5.92 Å². The highest BCUT2D eigenvalue weighted by atomic mass is 15.1. The summed E-state index contributed by atoms with van der Waals surface area (Å²) in [5.74, 6) is 0.915. The maximum absolute atomic E-state index is 3.93. The van der Waals surface area contributed by atoms with Crippen molar-refractivity contribution in [3.05, 3.63) is 0 Å². The van der Waals surface area contributed by atoms with E-state index in [4.69, 9.17) is 0 Å². The van der Waals surface area contributed by atoms with E-state index in [1.807, 2.05) is 0 Å². The third-order valence-corrected chi connectivity index (χ3v) is 4.67. The van der Waals surface area contributed by atoms with Gasteiger partial charge < -0.3 is 5.32 Å². The Morgan fingerprint density at radius 3 is 2.33 bits per heavy atom. The highest BCUT2D eigenvalue weighted by molar-refractivity contribution is 5.11. The lowest BCUT2D eigenvalue weighted by Crippen LogP contribution is -2.41. The minimum atomic E-state index is 0.504. The molecule has 1 unspecified atom stereocenters. The van der Waals surface area contributed by atoms with Gasteiger partial charge in [-0.15, -0.1) is 0 Å². The van der Waals surface area contributed by atoms with Crippen molar-refractivity contribution in [1.82, 2.24) is 5.32 Å². The Bertz CT molecular complexity index is 213. The maximum atomic E-state index is 3.93. The van der Waals surface area contributed by atoms with Crippen LogP contribution in [-0.2, 0) is 0 Å². The molecule has 2 bridgehead atoms. The fraction of sp³-hybridized carbons (Fsp3) is 1.00. The molecule has 15 heavy (non-hydrogen) atoms. The van der Waals surface area contributed by atoms with Gasteiger partial charge in [-0.05, 0) is 44.9 Å². The summed E-state index contributed by atoms with van der Waals surface area (Å²) in [7, 11) is 0. The second-order valence-electron chi connectivity index (χ2n) is 6.42. The molecule has 2 aliphatic rings. The monoisotopic (exact) mass is 209 g/mol. The topological polar surface area (TPSA) is 12.0 Å². The van der Waals surface area contributed by atoms with Crippen molar-refractivity contribution < 1.29 is 0 Å². The van der Waals surface area contributed by atoms with E-state index in [0.717, 1.165) is 5.92 Å². The summed E-state index contributed by atoms with van der Waals surface area (Å²) in [4.78, 5) is 0. The largest absolute Gasteiger partial charge is 0.306 e. The molecular weight excluding hydrogens is 182 g/mol. The van der Waals surface area contributed by atoms with E-state index < -0.39 is 0 Å². The van der Waals surface area contributed by atoms with Crippen molar-refractivity contribution in [2.45, 2.75) is 83.2 Å². The summed E-state index contributed by atoms with van der Waals surface area (Å²) in [6.45, 7) is 7.16. The molecule has 2 fully saturated rings. The highest BCUT2D eigenvalue weighted by Gasteiger charge is 2.50. The molecule has 0 aromatic rings. The summed E-state index contributed by atoms with van der Waals surface area (Å²) >= 11 is 0. The van der Waals surface area contributed by atoms with Crippen LogP contribution in [0.4, 0.5) is 0 Å². The summed E-state index contributed by atoms with van der Waals surface area (Å²) < 4.78 is 0. The van der Waals surface area contributed by atoms with Crippen molar-refractivity contribution in [3.8, 4) is 0 Å². The minimum Gasteiger partial charge on any atom is -0.306 e. The predicted molar refractivity (Wildman–Crippen MR) is 66.0 cm³/mol. The predicted octanol–water partition coefficient (Wildman–Crippen LogP) is 3.88. The highest BCUT2D eigenvalue weighted by Crippen LogP contribution is 2.47. The van der Waals surface area contributed by atoms with Gasteiger partial charge in [0.15, 0.2) is 0 Å². The summed E-state index contributed by atoms with van der Waals surface area (Å²) in [6, 6.07) is 0. The lowest BCUT2D eigenvalue weighted by atomic mass is 9.78. The molecule has 1 heteroatoms. The van der Waals surface area contributed by atoms with Crippen LogP contribution in [0.15, 0.2) is 0 Å². The Morgan fingerprint density at radius 1 is 1.20 bits per heavy atom. The third-order valence-electron chi connectivity index (χ3n) is 4.67. The molecule has 0 aromatic carbocycles. The van der Waals surface area contributed by atoms with Crippen LogP contribution in [0, 0.1) is 5.92 Å². The summed E-state index contributed by atoms with van der Waals surface area (Å²) in [6.07, 6.45) is 11.3. The first-order valence-corrected chi connectivity index (χ1v) is 6.87. The van der Waals surface area contributed by atoms with Crippen molar-refractivity contribution in [3.63, 3.8) is 0 Å². The van der Waals surface area contributed by atoms with Crippen molar-refractivity contribution in [2.75, 3.05) is 0 Å². The quantitative estimate of drug-likeness (QED) is 0.724. The molecule has 1 nitrogen and oxygen atoms in total. The molecule has 2 rings (SSSR count). The standard InChI is InChI=1S/C14H27N/c1-4-5-6-12(2)11-14-9-7-13(3,15-14)8-10-14/h12,15H,4-11H2,1-3H3. The van der Waals surface area contributed by atoms with Gasteiger partial charge in [-0.25, -0.2) is 0 Å². The first kappa shape index (κ1) is 11.4. The first-order chi connectivity index (χ1) is 7.08. The smallest absolute Gasteiger partial charge is 0.0190 e. The van der Waals surface area contributed by atoms with Gasteiger partial charge >= 0.3 is 0 Å². The van der Waals surface area contributed by atoms with Gasteiger partial charge in [0.2, 0.25) is 0 Å². The number of fused-ring (bicyclic) bond motifs is 2. The molecule has 1 atom stereocenters. The van der Waals surface area contributed by atoms with Gasteiger partial charge in [0.05, 0.1) is 0 Å². The number of unbranched alkanes of at least 4 members (excludes halogenated alkanes) is 1. The van der Waals surface area contributed by atoms with Gasteiger partial charge in [0, 0.05) is 11.1 Å². The number of nitrogens with one attached hydrogen (secondary N) is 1. The van der Waals surface area contributed by atoms with Gasteiger partial charge in [-0.2, -0.15) is 0 Å². The Balaban J connectivity index is 1.84. The van der Waals surface area contributed by atoms with Crippen LogP contribution in [-0.4, -0.2) is 11.1 Å². The summed E-state index contributed by atoms with van der Waals surface area (Å²) in [5, 5.41) is 3.93. The molecule has 0 spiro atoms. The van der Waals surface area contributed by atoms with Crippen LogP contribution in [0.1, 0.15) is 72.1 Å². The third kappa shape index (κ3) is 2.38. The minimum absolute atomic E-state index is 0.504. The average Bonchev–Trinajstić information content (AvgIpc) is 2.68. The van der Waals surface area contributed by atoms with Gasteiger partial charge in [0.1, 0.15) is 0 Å². The van der Waals surface area contributed by atoms with Crippen LogP contribution in [0.2, 0.25) is 0 Å². The van der Waals surface area contributed by atoms with E-state index in [2.05, 4.69) is 26.1 Å². The van der Waals surface area contributed by atoms with Crippen LogP contribution >= 0.6 is 0 Å². The lowest BCUT2D eigenvalue weighted by molar-refractivity contribution is 0.289. The van der Waals surface area contributed by atoms with Gasteiger partial charge in [-0.3, -0.25) is 0 Å². The van der Waals surface area contributed by atoms with Crippen molar-refractivity contribution in [1.29, 1.82) is 0 Å². The van der Waals surface area contributed by atoms with Gasteiger partial charge in [0.25, 0.3) is 0 Å². The molecule has 88 valence electrons. The number of rotatable bonds is 5. The zero-order valence-corrected chi connectivity index (χ0v) is 10.7. The fourth-order valence-electron chi connectivity index (χ4n) is 3.75. The van der Waals surface area contributed by atoms with Crippen LogP contribution < -0.4 is 5.32 Å². The normalized spacial score (nSPS) is 41.0. The van der Waals surface area contributed by atoms with E-state index >= 15 is 0 Å². The Hall–Kier alpha value is -0.0400. The van der Waals surface area contributed by atoms with E-state index in [1.54, 1.807) is 0 Å². The van der Waals surface area contributed by atoms with E-state index in [1.165, 1.54) is 51.4 Å². The Labute approximate surface area is 95.0 Å². The van der Waals surface area contributed by atoms with E-state index in [0.29, 0.717) is 11.1 Å². The molecular formula is C14H27N. The maximum Gasteiger partial charge on any atom is 0.0190 e. The van der Waals surface area contributed by atoms with Crippen molar-refractivity contribution >= 4 is 0 Å². The zero-order valence-electron chi connectivity index (χ0n) is 10.7. The molecule has 0 aliphatic carbocycles. The molecule has 0 aromatic heterocycles. The lowest BCUT2D eigenvalue weighted by Gasteiger charge is -2.29. The van der Waals surface area contributed by atoms with E-state index in [-0.39, 0.29) is 0 Å². The average molecular weight is 209 g/mol. The Morgan fingerprint density at radius 2 is 1.87 bits per heavy atom. The van der Waals surface area contributed by atoms with Gasteiger partial charge in [-0.1, -0.05) is 33.1 Å². The molecule has 0 saturated carbocycles. The Kier molecular flexibility index (Phi) is 3.12. The molecule has 2 saturated heterocycles.